The predicted molar refractivity (Wildman–Crippen MR) is 118 cm³/mol. The van der Waals surface area contributed by atoms with Crippen LogP contribution in [0.3, 0.4) is 0 Å². The summed E-state index contributed by atoms with van der Waals surface area (Å²) in [7, 11) is 1.29. The van der Waals surface area contributed by atoms with E-state index in [0.29, 0.717) is 30.5 Å². The molecule has 162 valence electrons. The zero-order chi connectivity index (χ0) is 20.8. The molecule has 0 aromatic rings. The van der Waals surface area contributed by atoms with Crippen molar-refractivity contribution in [1.82, 2.24) is 0 Å². The quantitative estimate of drug-likeness (QED) is 0.150. The molecule has 4 nitrogen and oxygen atoms in total. The van der Waals surface area contributed by atoms with E-state index < -0.39 is 12.1 Å². The minimum atomic E-state index is -1.02. The van der Waals surface area contributed by atoms with Gasteiger partial charge < -0.3 is 9.84 Å². The fourth-order valence-corrected chi connectivity index (χ4v) is 4.83. The molecule has 4 atom stereocenters. The first-order valence-corrected chi connectivity index (χ1v) is 12.2. The van der Waals surface area contributed by atoms with Gasteiger partial charge in [0.15, 0.2) is 6.10 Å². The largest absolute Gasteiger partial charge is 0.467 e. The highest BCUT2D eigenvalue weighted by molar-refractivity contribution is 9.09. The number of methoxy groups -OCH3 is 1. The van der Waals surface area contributed by atoms with Crippen molar-refractivity contribution in [3.8, 4) is 0 Å². The van der Waals surface area contributed by atoms with Crippen LogP contribution in [0, 0.1) is 17.8 Å². The lowest BCUT2D eigenvalue weighted by atomic mass is 9.84. The van der Waals surface area contributed by atoms with Crippen LogP contribution < -0.4 is 0 Å². The zero-order valence-corrected chi connectivity index (χ0v) is 19.3. The molecule has 0 heterocycles. The summed E-state index contributed by atoms with van der Waals surface area (Å²) >= 11 is 3.54. The van der Waals surface area contributed by atoms with Gasteiger partial charge in [0.05, 0.1) is 7.11 Å². The second kappa shape index (κ2) is 15.2. The molecule has 0 spiro atoms. The topological polar surface area (TPSA) is 63.6 Å². The third kappa shape index (κ3) is 9.21. The lowest BCUT2D eigenvalue weighted by Gasteiger charge is -2.20. The molecule has 0 amide bonds. The number of halogens is 1. The first kappa shape index (κ1) is 25.4. The smallest absolute Gasteiger partial charge is 0.334 e. The Bertz CT molecular complexity index is 477. The molecule has 28 heavy (non-hydrogen) atoms. The van der Waals surface area contributed by atoms with Crippen molar-refractivity contribution in [3.05, 3.63) is 12.2 Å². The summed E-state index contributed by atoms with van der Waals surface area (Å²) in [6.45, 7) is 2.23. The van der Waals surface area contributed by atoms with Gasteiger partial charge in [-0.1, -0.05) is 73.5 Å². The maximum atomic E-state index is 12.6. The van der Waals surface area contributed by atoms with Crippen molar-refractivity contribution in [3.63, 3.8) is 0 Å². The third-order valence-corrected chi connectivity index (χ3v) is 6.37. The second-order valence-electron chi connectivity index (χ2n) is 8.05. The van der Waals surface area contributed by atoms with Crippen LogP contribution in [0.4, 0.5) is 0 Å². The summed E-state index contributed by atoms with van der Waals surface area (Å²) in [5.74, 6) is 0.831. The molecule has 1 rings (SSSR count). The Morgan fingerprint density at radius 2 is 1.96 bits per heavy atom. The molecule has 1 saturated carbocycles. The predicted octanol–water partition coefficient (Wildman–Crippen LogP) is 5.60. The SMILES string of the molecule is CCCCCCC=C[C@H]1[C@H](CCBr)CC(=O)[C@@H]1CCCCCC(O)C(=O)OC. The highest BCUT2D eigenvalue weighted by Crippen LogP contribution is 2.40. The van der Waals surface area contributed by atoms with Gasteiger partial charge in [-0.2, -0.15) is 0 Å². The van der Waals surface area contributed by atoms with Gasteiger partial charge in [-0.05, 0) is 43.9 Å². The number of alkyl halides is 1. The van der Waals surface area contributed by atoms with Crippen molar-refractivity contribution >= 4 is 27.7 Å². The maximum absolute atomic E-state index is 12.6. The molecule has 0 bridgehead atoms. The van der Waals surface area contributed by atoms with Crippen molar-refractivity contribution in [2.24, 2.45) is 17.8 Å². The Balaban J connectivity index is 2.45. The van der Waals surface area contributed by atoms with E-state index >= 15 is 0 Å². The lowest BCUT2D eigenvalue weighted by Crippen LogP contribution is -2.21. The molecule has 0 saturated heterocycles. The van der Waals surface area contributed by atoms with Crippen molar-refractivity contribution < 1.29 is 19.4 Å². The maximum Gasteiger partial charge on any atom is 0.334 e. The number of unbranched alkanes of at least 4 members (excludes halogenated alkanes) is 6. The number of esters is 1. The molecular formula is C23H39BrO4. The van der Waals surface area contributed by atoms with Crippen molar-refractivity contribution in [2.75, 3.05) is 12.4 Å². The molecule has 0 aromatic heterocycles. The number of aliphatic hydroxyl groups is 1. The molecule has 0 aliphatic heterocycles. The van der Waals surface area contributed by atoms with Crippen LogP contribution in [0.15, 0.2) is 12.2 Å². The van der Waals surface area contributed by atoms with Gasteiger partial charge in [-0.15, -0.1) is 0 Å². The number of aliphatic hydroxyl groups excluding tert-OH is 1. The minimum absolute atomic E-state index is 0.140. The first-order valence-electron chi connectivity index (χ1n) is 11.1. The summed E-state index contributed by atoms with van der Waals surface area (Å²) in [5.41, 5.74) is 0. The van der Waals surface area contributed by atoms with Gasteiger partial charge in [0.25, 0.3) is 0 Å². The van der Waals surface area contributed by atoms with Crippen LogP contribution >= 0.6 is 15.9 Å². The molecule has 1 fully saturated rings. The summed E-state index contributed by atoms with van der Waals surface area (Å²) in [4.78, 5) is 23.8. The monoisotopic (exact) mass is 458 g/mol. The Kier molecular flexibility index (Phi) is 13.8. The van der Waals surface area contributed by atoms with Gasteiger partial charge in [-0.3, -0.25) is 4.79 Å². The molecule has 1 unspecified atom stereocenters. The summed E-state index contributed by atoms with van der Waals surface area (Å²) in [5, 5.41) is 10.6. The van der Waals surface area contributed by atoms with E-state index in [1.807, 2.05) is 0 Å². The number of hydrogen-bond donors (Lipinski definition) is 1. The average molecular weight is 459 g/mol. The minimum Gasteiger partial charge on any atom is -0.467 e. The van der Waals surface area contributed by atoms with Crippen LogP contribution in [0.1, 0.15) is 84.0 Å². The number of carbonyl (C=O) groups excluding carboxylic acids is 2. The van der Waals surface area contributed by atoms with E-state index in [1.54, 1.807) is 0 Å². The van der Waals surface area contributed by atoms with Gasteiger partial charge in [0, 0.05) is 17.7 Å². The molecule has 1 N–H and O–H groups in total. The molecule has 0 radical (unpaired) electrons. The summed E-state index contributed by atoms with van der Waals surface area (Å²) in [6.07, 6.45) is 15.6. The highest BCUT2D eigenvalue weighted by Gasteiger charge is 2.39. The van der Waals surface area contributed by atoms with Crippen molar-refractivity contribution in [1.29, 1.82) is 0 Å². The number of allylic oxidation sites excluding steroid dienone is 2. The van der Waals surface area contributed by atoms with Gasteiger partial charge in [0.1, 0.15) is 5.78 Å². The second-order valence-corrected chi connectivity index (χ2v) is 8.84. The standard InChI is InChI=1S/C23H39BrO4/c1-3-4-5-6-7-9-12-19-18(15-16-24)17-22(26)20(19)13-10-8-11-14-21(25)23(27)28-2/h9,12,18-21,25H,3-8,10-11,13-17H2,1-2H3/t18-,19+,20-,21?/m1/s1. The van der Waals surface area contributed by atoms with Gasteiger partial charge in [0.2, 0.25) is 0 Å². The lowest BCUT2D eigenvalue weighted by molar-refractivity contribution is -0.150. The van der Waals surface area contributed by atoms with Gasteiger partial charge >= 0.3 is 5.97 Å². The zero-order valence-electron chi connectivity index (χ0n) is 17.7. The Morgan fingerprint density at radius 3 is 2.64 bits per heavy atom. The Morgan fingerprint density at radius 1 is 1.21 bits per heavy atom. The summed E-state index contributed by atoms with van der Waals surface area (Å²) in [6, 6.07) is 0. The van der Waals surface area contributed by atoms with Crippen LogP contribution in [0.25, 0.3) is 0 Å². The average Bonchev–Trinajstić information content (AvgIpc) is 2.98. The molecule has 1 aliphatic rings. The van der Waals surface area contributed by atoms with Crippen molar-refractivity contribution in [2.45, 2.75) is 90.1 Å². The number of carbonyl (C=O) groups is 2. The number of ether oxygens (including phenoxy) is 1. The van der Waals surface area contributed by atoms with Gasteiger partial charge in [-0.25, -0.2) is 4.79 Å². The van der Waals surface area contributed by atoms with E-state index in [9.17, 15) is 14.7 Å². The highest BCUT2D eigenvalue weighted by atomic mass is 79.9. The third-order valence-electron chi connectivity index (χ3n) is 5.91. The van der Waals surface area contributed by atoms with E-state index in [2.05, 4.69) is 39.7 Å². The van der Waals surface area contributed by atoms with E-state index in [-0.39, 0.29) is 5.92 Å². The van der Waals surface area contributed by atoms with E-state index in [4.69, 9.17) is 0 Å². The fourth-order valence-electron chi connectivity index (χ4n) is 4.24. The van der Waals surface area contributed by atoms with Crippen LogP contribution in [0.2, 0.25) is 0 Å². The molecule has 5 heteroatoms. The first-order chi connectivity index (χ1) is 13.5. The fraction of sp³-hybridized carbons (Fsp3) is 0.826. The van der Waals surface area contributed by atoms with E-state index in [1.165, 1.54) is 32.8 Å². The molecule has 0 aromatic carbocycles. The summed E-state index contributed by atoms with van der Waals surface area (Å²) < 4.78 is 4.54. The number of hydrogen-bond acceptors (Lipinski definition) is 4. The number of Topliss-reactive ketones (excluding diaryl/α,β-unsaturated/α-hetero) is 1. The van der Waals surface area contributed by atoms with Crippen LogP contribution in [-0.4, -0.2) is 35.4 Å². The Hall–Kier alpha value is -0.680. The van der Waals surface area contributed by atoms with E-state index in [0.717, 1.165) is 43.9 Å². The molecular weight excluding hydrogens is 420 g/mol. The van der Waals surface area contributed by atoms with Crippen LogP contribution in [0.5, 0.6) is 0 Å². The van der Waals surface area contributed by atoms with Crippen LogP contribution in [-0.2, 0) is 14.3 Å². The molecule has 1 aliphatic carbocycles. The Labute approximate surface area is 179 Å². The normalized spacial score (nSPS) is 23.4. The number of ketones is 1. The number of rotatable bonds is 15.